The first kappa shape index (κ1) is 25.2. The van der Waals surface area contributed by atoms with E-state index < -0.39 is 6.04 Å². The van der Waals surface area contributed by atoms with E-state index in [9.17, 15) is 9.59 Å². The highest BCUT2D eigenvalue weighted by Gasteiger charge is 2.32. The van der Waals surface area contributed by atoms with Crippen LogP contribution in [0.5, 0.6) is 11.5 Å². The number of carbonyl (C=O) groups excluding carboxylic acids is 2. The lowest BCUT2D eigenvalue weighted by molar-refractivity contribution is -0.127. The molecule has 0 saturated heterocycles. The Bertz CT molecular complexity index is 1200. The molecule has 0 aliphatic heterocycles. The van der Waals surface area contributed by atoms with Gasteiger partial charge in [-0.05, 0) is 44.0 Å². The van der Waals surface area contributed by atoms with Crippen LogP contribution in [0.2, 0.25) is 0 Å². The molecule has 10 nitrogen and oxygen atoms in total. The standard InChI is InChI=1S/C26H32N6O4/c1-17-9-11-19(12-10-17)25-28-30-31(29-25)16-24(33)32(18(2)26(34)27-20-7-5-6-8-20)22-14-13-21(35-3)15-23(22)36-4/h9-15,18,20H,5-8,16H2,1-4H3,(H,27,34)/t18-/m1/s1. The number of aromatic nitrogens is 4. The maximum Gasteiger partial charge on any atom is 0.251 e. The van der Waals surface area contributed by atoms with Crippen molar-refractivity contribution in [2.75, 3.05) is 19.1 Å². The number of anilines is 1. The zero-order valence-corrected chi connectivity index (χ0v) is 21.1. The van der Waals surface area contributed by atoms with Crippen molar-refractivity contribution in [3.63, 3.8) is 0 Å². The van der Waals surface area contributed by atoms with E-state index in [0.717, 1.165) is 36.8 Å². The Kier molecular flexibility index (Phi) is 7.82. The minimum atomic E-state index is -0.791. The molecule has 1 aliphatic carbocycles. The van der Waals surface area contributed by atoms with Crippen molar-refractivity contribution in [1.29, 1.82) is 0 Å². The number of hydrogen-bond donors (Lipinski definition) is 1. The molecule has 1 heterocycles. The van der Waals surface area contributed by atoms with Crippen molar-refractivity contribution in [2.45, 2.75) is 58.2 Å². The first-order valence-electron chi connectivity index (χ1n) is 12.1. The fourth-order valence-corrected chi connectivity index (χ4v) is 4.38. The molecule has 1 saturated carbocycles. The minimum absolute atomic E-state index is 0.128. The van der Waals surface area contributed by atoms with Crippen LogP contribution in [-0.4, -0.2) is 58.3 Å². The summed E-state index contributed by atoms with van der Waals surface area (Å²) in [7, 11) is 3.06. The molecule has 0 spiro atoms. The number of nitrogens with one attached hydrogen (secondary N) is 1. The number of ether oxygens (including phenoxy) is 2. The number of methoxy groups -OCH3 is 2. The van der Waals surface area contributed by atoms with Crippen molar-refractivity contribution in [3.05, 3.63) is 48.0 Å². The van der Waals surface area contributed by atoms with Gasteiger partial charge in [-0.25, -0.2) is 0 Å². The topological polar surface area (TPSA) is 111 Å². The molecule has 2 amide bonds. The second-order valence-corrected chi connectivity index (χ2v) is 8.98. The summed E-state index contributed by atoms with van der Waals surface area (Å²) >= 11 is 0. The average Bonchev–Trinajstić information content (AvgIpc) is 3.57. The van der Waals surface area contributed by atoms with Gasteiger partial charge in [0.1, 0.15) is 24.1 Å². The van der Waals surface area contributed by atoms with Gasteiger partial charge in [-0.15, -0.1) is 10.2 Å². The first-order chi connectivity index (χ1) is 17.4. The molecule has 1 aliphatic rings. The molecule has 1 atom stereocenters. The van der Waals surface area contributed by atoms with Crippen molar-refractivity contribution >= 4 is 17.5 Å². The smallest absolute Gasteiger partial charge is 0.251 e. The molecule has 36 heavy (non-hydrogen) atoms. The predicted octanol–water partition coefficient (Wildman–Crippen LogP) is 3.15. The summed E-state index contributed by atoms with van der Waals surface area (Å²) in [4.78, 5) is 29.5. The van der Waals surface area contributed by atoms with Crippen molar-refractivity contribution in [2.24, 2.45) is 0 Å². The van der Waals surface area contributed by atoms with Crippen molar-refractivity contribution in [3.8, 4) is 22.9 Å². The van der Waals surface area contributed by atoms with Gasteiger partial charge in [0.05, 0.1) is 19.9 Å². The molecule has 0 bridgehead atoms. The highest BCUT2D eigenvalue weighted by molar-refractivity contribution is 6.01. The summed E-state index contributed by atoms with van der Waals surface area (Å²) in [6.45, 7) is 3.51. The third-order valence-corrected chi connectivity index (χ3v) is 6.42. The van der Waals surface area contributed by atoms with E-state index in [-0.39, 0.29) is 24.4 Å². The molecule has 1 fully saturated rings. The Morgan fingerprint density at radius 3 is 2.50 bits per heavy atom. The monoisotopic (exact) mass is 492 g/mol. The lowest BCUT2D eigenvalue weighted by Gasteiger charge is -2.30. The molecule has 10 heteroatoms. The molecule has 0 unspecified atom stereocenters. The van der Waals surface area contributed by atoms with Gasteiger partial charge in [0.25, 0.3) is 5.91 Å². The molecule has 1 aromatic heterocycles. The number of carbonyl (C=O) groups is 2. The van der Waals surface area contributed by atoms with Gasteiger partial charge in [0, 0.05) is 17.7 Å². The van der Waals surface area contributed by atoms with Gasteiger partial charge in [-0.2, -0.15) is 4.80 Å². The van der Waals surface area contributed by atoms with Gasteiger partial charge in [-0.1, -0.05) is 42.7 Å². The van der Waals surface area contributed by atoms with E-state index in [1.165, 1.54) is 16.8 Å². The van der Waals surface area contributed by atoms with Gasteiger partial charge in [0.2, 0.25) is 11.7 Å². The number of amides is 2. The molecule has 2 aromatic carbocycles. The van der Waals surface area contributed by atoms with Crippen LogP contribution in [0.15, 0.2) is 42.5 Å². The van der Waals surface area contributed by atoms with Crippen LogP contribution in [0.1, 0.15) is 38.2 Å². The lowest BCUT2D eigenvalue weighted by atomic mass is 10.1. The summed E-state index contributed by atoms with van der Waals surface area (Å²) in [5, 5.41) is 15.6. The summed E-state index contributed by atoms with van der Waals surface area (Å²) in [5.74, 6) is 0.811. The van der Waals surface area contributed by atoms with Crippen LogP contribution in [-0.2, 0) is 16.1 Å². The second kappa shape index (κ2) is 11.2. The summed E-state index contributed by atoms with van der Waals surface area (Å²) < 4.78 is 10.8. The maximum atomic E-state index is 13.6. The second-order valence-electron chi connectivity index (χ2n) is 8.98. The minimum Gasteiger partial charge on any atom is -0.497 e. The number of benzene rings is 2. The van der Waals surface area contributed by atoms with Crippen LogP contribution in [0.3, 0.4) is 0 Å². The SMILES string of the molecule is COc1ccc(N(C(=O)Cn2nnc(-c3ccc(C)cc3)n2)[C@H](C)C(=O)NC2CCCC2)c(OC)c1. The lowest BCUT2D eigenvalue weighted by Crippen LogP contribution is -2.51. The molecule has 3 aromatic rings. The van der Waals surface area contributed by atoms with Crippen LogP contribution in [0.25, 0.3) is 11.4 Å². The molecule has 4 rings (SSSR count). The van der Waals surface area contributed by atoms with E-state index in [1.807, 2.05) is 31.2 Å². The van der Waals surface area contributed by atoms with Gasteiger partial charge in [-0.3, -0.25) is 14.5 Å². The van der Waals surface area contributed by atoms with E-state index in [1.54, 1.807) is 32.2 Å². The maximum absolute atomic E-state index is 13.6. The third kappa shape index (κ3) is 5.64. The molecular formula is C26H32N6O4. The Labute approximate surface area is 210 Å². The summed E-state index contributed by atoms with van der Waals surface area (Å²) in [5.41, 5.74) is 2.38. The van der Waals surface area contributed by atoms with Crippen LogP contribution in [0, 0.1) is 6.92 Å². The zero-order valence-electron chi connectivity index (χ0n) is 21.1. The number of nitrogens with zero attached hydrogens (tertiary/aromatic N) is 5. The van der Waals surface area contributed by atoms with Crippen molar-refractivity contribution in [1.82, 2.24) is 25.5 Å². The third-order valence-electron chi connectivity index (χ3n) is 6.42. The van der Waals surface area contributed by atoms with E-state index in [0.29, 0.717) is 23.0 Å². The molecule has 0 radical (unpaired) electrons. The van der Waals surface area contributed by atoms with Gasteiger partial charge >= 0.3 is 0 Å². The molecular weight excluding hydrogens is 460 g/mol. The quantitative estimate of drug-likeness (QED) is 0.488. The number of hydrogen-bond acceptors (Lipinski definition) is 7. The highest BCUT2D eigenvalue weighted by Crippen LogP contribution is 2.34. The fourth-order valence-electron chi connectivity index (χ4n) is 4.38. The fraction of sp³-hybridized carbons (Fsp3) is 0.423. The van der Waals surface area contributed by atoms with Crippen LogP contribution < -0.4 is 19.7 Å². The Hall–Kier alpha value is -3.95. The number of tetrazole rings is 1. The molecule has 1 N–H and O–H groups in total. The zero-order chi connectivity index (χ0) is 25.7. The van der Waals surface area contributed by atoms with E-state index >= 15 is 0 Å². The van der Waals surface area contributed by atoms with E-state index in [2.05, 4.69) is 20.7 Å². The summed E-state index contributed by atoms with van der Waals surface area (Å²) in [6.07, 6.45) is 4.08. The highest BCUT2D eigenvalue weighted by atomic mass is 16.5. The molecule has 190 valence electrons. The van der Waals surface area contributed by atoms with Crippen LogP contribution in [0.4, 0.5) is 5.69 Å². The normalized spacial score (nSPS) is 14.3. The Morgan fingerprint density at radius 2 is 1.83 bits per heavy atom. The number of rotatable bonds is 9. The number of aryl methyl sites for hydroxylation is 1. The van der Waals surface area contributed by atoms with Gasteiger partial charge in [0.15, 0.2) is 0 Å². The largest absolute Gasteiger partial charge is 0.497 e. The Morgan fingerprint density at radius 1 is 1.11 bits per heavy atom. The predicted molar refractivity (Wildman–Crippen MR) is 135 cm³/mol. The summed E-state index contributed by atoms with van der Waals surface area (Å²) in [6, 6.07) is 12.2. The van der Waals surface area contributed by atoms with Crippen LogP contribution >= 0.6 is 0 Å². The average molecular weight is 493 g/mol. The van der Waals surface area contributed by atoms with Gasteiger partial charge < -0.3 is 14.8 Å². The Balaban J connectivity index is 1.61. The van der Waals surface area contributed by atoms with Crippen molar-refractivity contribution < 1.29 is 19.1 Å². The first-order valence-corrected chi connectivity index (χ1v) is 12.1. The van der Waals surface area contributed by atoms with E-state index in [4.69, 9.17) is 9.47 Å².